The average Bonchev–Trinajstić information content (AvgIpc) is 3.37. The molecule has 3 heterocycles. The molecule has 1 amide bonds. The van der Waals surface area contributed by atoms with E-state index in [2.05, 4.69) is 16.1 Å². The molecule has 0 aliphatic carbocycles. The Morgan fingerprint density at radius 1 is 1.17 bits per heavy atom. The van der Waals surface area contributed by atoms with Crippen molar-refractivity contribution in [2.24, 2.45) is 0 Å². The van der Waals surface area contributed by atoms with E-state index in [0.717, 1.165) is 52.4 Å². The van der Waals surface area contributed by atoms with Crippen molar-refractivity contribution in [2.45, 2.75) is 32.4 Å². The van der Waals surface area contributed by atoms with E-state index in [1.54, 1.807) is 7.11 Å². The molecule has 0 atom stereocenters. The first kappa shape index (κ1) is 18.5. The quantitative estimate of drug-likeness (QED) is 0.537. The summed E-state index contributed by atoms with van der Waals surface area (Å²) >= 11 is 0. The highest BCUT2D eigenvalue weighted by Crippen LogP contribution is 2.25. The number of hydrogen-bond acceptors (Lipinski definition) is 3. The first-order valence-corrected chi connectivity index (χ1v) is 10.3. The third kappa shape index (κ3) is 3.56. The van der Waals surface area contributed by atoms with Crippen LogP contribution >= 0.6 is 0 Å². The molecule has 2 aromatic heterocycles. The summed E-state index contributed by atoms with van der Waals surface area (Å²) in [4.78, 5) is 17.5. The zero-order valence-corrected chi connectivity index (χ0v) is 17.0. The lowest BCUT2D eigenvalue weighted by molar-refractivity contribution is -0.116. The first-order chi connectivity index (χ1) is 14.7. The van der Waals surface area contributed by atoms with E-state index in [4.69, 9.17) is 9.72 Å². The van der Waals surface area contributed by atoms with Crippen molar-refractivity contribution in [3.63, 3.8) is 0 Å². The molecule has 4 aromatic rings. The van der Waals surface area contributed by atoms with Gasteiger partial charge in [0.1, 0.15) is 18.1 Å². The van der Waals surface area contributed by atoms with E-state index in [9.17, 15) is 4.79 Å². The van der Waals surface area contributed by atoms with Gasteiger partial charge in [0.25, 0.3) is 0 Å². The Bertz CT molecular complexity index is 1200. The number of hydrogen-bond donors (Lipinski definition) is 1. The Morgan fingerprint density at radius 3 is 2.97 bits per heavy atom. The number of carbonyl (C=O) groups excluding carboxylic acids is 1. The van der Waals surface area contributed by atoms with Crippen LogP contribution in [0.3, 0.4) is 0 Å². The number of fused-ring (bicyclic) bond motifs is 2. The molecule has 0 saturated carbocycles. The predicted molar refractivity (Wildman–Crippen MR) is 118 cm³/mol. The number of ether oxygens (including phenoxy) is 1. The Morgan fingerprint density at radius 2 is 2.10 bits per heavy atom. The maximum Gasteiger partial charge on any atom is 0.244 e. The number of carbonyl (C=O) groups is 1. The Kier molecular flexibility index (Phi) is 4.75. The van der Waals surface area contributed by atoms with Crippen molar-refractivity contribution in [3.05, 3.63) is 66.7 Å². The largest absolute Gasteiger partial charge is 0.497 e. The van der Waals surface area contributed by atoms with E-state index in [1.165, 1.54) is 12.8 Å². The van der Waals surface area contributed by atoms with Gasteiger partial charge in [-0.3, -0.25) is 4.79 Å². The topological polar surface area (TPSA) is 61.1 Å². The molecule has 1 aliphatic heterocycles. The summed E-state index contributed by atoms with van der Waals surface area (Å²) in [7, 11) is 1.65. The smallest absolute Gasteiger partial charge is 0.244 e. The van der Waals surface area contributed by atoms with Gasteiger partial charge < -0.3 is 19.2 Å². The Balaban J connectivity index is 1.32. The molecule has 0 fully saturated rings. The highest BCUT2D eigenvalue weighted by molar-refractivity contribution is 5.92. The molecule has 6 heteroatoms. The van der Waals surface area contributed by atoms with Gasteiger partial charge in [0.05, 0.1) is 12.8 Å². The minimum absolute atomic E-state index is 0.0652. The fraction of sp³-hybridized carbons (Fsp3) is 0.250. The maximum atomic E-state index is 12.7. The summed E-state index contributed by atoms with van der Waals surface area (Å²) in [5, 5.41) is 4.07. The standard InChI is InChI=1S/C24H24N4O2/c1-30-20-8-9-22-18(14-20)10-12-27(22)16-24(29)25-19-6-4-5-17(13-19)21-15-28-11-3-2-7-23(28)26-21/h4-6,8-10,12-15H,2-3,7,11,16H2,1H3,(H,25,29). The zero-order valence-electron chi connectivity index (χ0n) is 17.0. The van der Waals surface area contributed by atoms with Gasteiger partial charge in [-0.2, -0.15) is 0 Å². The predicted octanol–water partition coefficient (Wildman–Crippen LogP) is 4.49. The number of imidazole rings is 1. The number of nitrogens with zero attached hydrogens (tertiary/aromatic N) is 3. The van der Waals surface area contributed by atoms with Crippen molar-refractivity contribution in [1.29, 1.82) is 0 Å². The van der Waals surface area contributed by atoms with E-state index in [1.807, 2.05) is 59.3 Å². The lowest BCUT2D eigenvalue weighted by atomic mass is 10.1. The SMILES string of the molecule is COc1ccc2c(ccn2CC(=O)Nc2cccc(-c3cn4c(n3)CCCC4)c2)c1. The average molecular weight is 400 g/mol. The van der Waals surface area contributed by atoms with Crippen LogP contribution < -0.4 is 10.1 Å². The van der Waals surface area contributed by atoms with Gasteiger partial charge in [0, 0.05) is 47.5 Å². The molecule has 0 bridgehead atoms. The van der Waals surface area contributed by atoms with Crippen molar-refractivity contribution in [2.75, 3.05) is 12.4 Å². The molecule has 1 aliphatic rings. The van der Waals surface area contributed by atoms with E-state index in [0.29, 0.717) is 0 Å². The fourth-order valence-corrected chi connectivity index (χ4v) is 4.11. The number of aryl methyl sites for hydroxylation is 2. The number of anilines is 1. The second kappa shape index (κ2) is 7.71. The van der Waals surface area contributed by atoms with E-state index >= 15 is 0 Å². The molecule has 152 valence electrons. The van der Waals surface area contributed by atoms with E-state index < -0.39 is 0 Å². The van der Waals surface area contributed by atoms with Gasteiger partial charge in [-0.15, -0.1) is 0 Å². The number of methoxy groups -OCH3 is 1. The summed E-state index contributed by atoms with van der Waals surface area (Å²) in [6.45, 7) is 1.29. The molecule has 1 N–H and O–H groups in total. The first-order valence-electron chi connectivity index (χ1n) is 10.3. The van der Waals surface area contributed by atoms with Gasteiger partial charge >= 0.3 is 0 Å². The summed E-state index contributed by atoms with van der Waals surface area (Å²) in [6, 6.07) is 15.7. The summed E-state index contributed by atoms with van der Waals surface area (Å²) < 4.78 is 9.46. The maximum absolute atomic E-state index is 12.7. The molecular formula is C24H24N4O2. The number of aromatic nitrogens is 3. The van der Waals surface area contributed by atoms with Crippen LogP contribution in [0.4, 0.5) is 5.69 Å². The lowest BCUT2D eigenvalue weighted by Gasteiger charge is -2.11. The molecular weight excluding hydrogens is 376 g/mol. The molecule has 5 rings (SSSR count). The van der Waals surface area contributed by atoms with Crippen molar-refractivity contribution >= 4 is 22.5 Å². The molecule has 0 unspecified atom stereocenters. The van der Waals surface area contributed by atoms with Crippen LogP contribution in [0.2, 0.25) is 0 Å². The normalized spacial score (nSPS) is 13.2. The van der Waals surface area contributed by atoms with Crippen LogP contribution in [-0.4, -0.2) is 27.1 Å². The van der Waals surface area contributed by atoms with Crippen molar-refractivity contribution in [3.8, 4) is 17.0 Å². The third-order valence-electron chi connectivity index (χ3n) is 5.64. The summed E-state index contributed by atoms with van der Waals surface area (Å²) in [6.07, 6.45) is 7.49. The van der Waals surface area contributed by atoms with Crippen LogP contribution in [0.1, 0.15) is 18.7 Å². The fourth-order valence-electron chi connectivity index (χ4n) is 4.11. The monoisotopic (exact) mass is 400 g/mol. The third-order valence-corrected chi connectivity index (χ3v) is 5.64. The Labute approximate surface area is 175 Å². The second-order valence-electron chi connectivity index (χ2n) is 7.69. The summed E-state index contributed by atoms with van der Waals surface area (Å²) in [5.41, 5.74) is 3.77. The van der Waals surface area contributed by atoms with Crippen molar-refractivity contribution in [1.82, 2.24) is 14.1 Å². The summed E-state index contributed by atoms with van der Waals surface area (Å²) in [5.74, 6) is 1.90. The number of benzene rings is 2. The number of rotatable bonds is 5. The highest BCUT2D eigenvalue weighted by Gasteiger charge is 2.14. The Hall–Kier alpha value is -3.54. The van der Waals surface area contributed by atoms with Gasteiger partial charge in [0.15, 0.2) is 0 Å². The molecule has 2 aromatic carbocycles. The van der Waals surface area contributed by atoms with Gasteiger partial charge in [-0.05, 0) is 49.2 Å². The van der Waals surface area contributed by atoms with Gasteiger partial charge in [-0.1, -0.05) is 12.1 Å². The highest BCUT2D eigenvalue weighted by atomic mass is 16.5. The van der Waals surface area contributed by atoms with E-state index in [-0.39, 0.29) is 12.5 Å². The molecule has 0 saturated heterocycles. The zero-order chi connectivity index (χ0) is 20.5. The van der Waals surface area contributed by atoms with Gasteiger partial charge in [-0.25, -0.2) is 4.98 Å². The minimum atomic E-state index is -0.0652. The molecule has 0 radical (unpaired) electrons. The molecule has 0 spiro atoms. The van der Waals surface area contributed by atoms with Crippen molar-refractivity contribution < 1.29 is 9.53 Å². The van der Waals surface area contributed by atoms with Gasteiger partial charge in [0.2, 0.25) is 5.91 Å². The van der Waals surface area contributed by atoms with Crippen LogP contribution in [0.15, 0.2) is 60.9 Å². The number of nitrogens with one attached hydrogen (secondary N) is 1. The second-order valence-corrected chi connectivity index (χ2v) is 7.69. The van der Waals surface area contributed by atoms with Crippen LogP contribution in [-0.2, 0) is 24.3 Å². The minimum Gasteiger partial charge on any atom is -0.497 e. The molecule has 6 nitrogen and oxygen atoms in total. The van der Waals surface area contributed by atoms with Crippen LogP contribution in [0.5, 0.6) is 5.75 Å². The van der Waals surface area contributed by atoms with Crippen LogP contribution in [0, 0.1) is 0 Å². The van der Waals surface area contributed by atoms with Crippen LogP contribution in [0.25, 0.3) is 22.2 Å². The number of amides is 1. The molecule has 30 heavy (non-hydrogen) atoms. The lowest BCUT2D eigenvalue weighted by Crippen LogP contribution is -2.18.